The average molecular weight is 319 g/mol. The van der Waals surface area contributed by atoms with Crippen molar-refractivity contribution < 1.29 is 24.5 Å². The number of anilines is 1. The van der Waals surface area contributed by atoms with Crippen LogP contribution in [0.15, 0.2) is 30.6 Å². The van der Waals surface area contributed by atoms with Crippen molar-refractivity contribution in [3.05, 3.63) is 41.7 Å². The molecule has 0 amide bonds. The van der Waals surface area contributed by atoms with Crippen molar-refractivity contribution in [1.82, 2.24) is 9.97 Å². The van der Waals surface area contributed by atoms with E-state index in [9.17, 15) is 9.90 Å². The average Bonchev–Trinajstić information content (AvgIpc) is 2.59. The number of nitrogens with one attached hydrogen (secondary N) is 1. The van der Waals surface area contributed by atoms with Gasteiger partial charge < -0.3 is 25.0 Å². The quantitative estimate of drug-likeness (QED) is 0.700. The normalized spacial score (nSPS) is 11.6. The second-order valence-electron chi connectivity index (χ2n) is 4.64. The molecule has 0 saturated heterocycles. The Kier molecular flexibility index (Phi) is 5.32. The Morgan fingerprint density at radius 3 is 2.22 bits per heavy atom. The van der Waals surface area contributed by atoms with Crippen LogP contribution >= 0.6 is 0 Å². The van der Waals surface area contributed by atoms with Crippen LogP contribution in [0.3, 0.4) is 0 Å². The summed E-state index contributed by atoms with van der Waals surface area (Å²) >= 11 is 0. The summed E-state index contributed by atoms with van der Waals surface area (Å²) in [6, 6.07) is 5.10. The van der Waals surface area contributed by atoms with Gasteiger partial charge in [0.1, 0.15) is 11.5 Å². The molecule has 3 N–H and O–H groups in total. The highest BCUT2D eigenvalue weighted by molar-refractivity contribution is 5.86. The topological polar surface area (TPSA) is 114 Å². The summed E-state index contributed by atoms with van der Waals surface area (Å²) in [5, 5.41) is 21.9. The van der Waals surface area contributed by atoms with Crippen LogP contribution < -0.4 is 14.8 Å². The molecule has 0 fully saturated rings. The first kappa shape index (κ1) is 16.5. The van der Waals surface area contributed by atoms with E-state index in [2.05, 4.69) is 15.3 Å². The largest absolute Gasteiger partial charge is 0.497 e. The summed E-state index contributed by atoms with van der Waals surface area (Å²) in [6.45, 7) is 0.142. The zero-order valence-electron chi connectivity index (χ0n) is 12.7. The number of aromatic nitrogens is 2. The molecule has 122 valence electrons. The number of carboxylic acid groups (broad SMARTS) is 1. The van der Waals surface area contributed by atoms with E-state index in [1.54, 1.807) is 18.2 Å². The predicted molar refractivity (Wildman–Crippen MR) is 82.0 cm³/mol. The molecule has 2 rings (SSSR count). The number of rotatable bonds is 7. The van der Waals surface area contributed by atoms with E-state index >= 15 is 0 Å². The number of methoxy groups -OCH3 is 2. The first-order chi connectivity index (χ1) is 11.0. The molecule has 1 atom stereocenters. The maximum Gasteiger partial charge on any atom is 0.338 e. The number of aromatic carboxylic acids is 1. The Balaban J connectivity index is 2.04. The number of aliphatic hydroxyl groups is 1. The SMILES string of the molecule is COc1cc(OC)cc(C(O)CNc2ncc(C(=O)O)cn2)c1. The van der Waals surface area contributed by atoms with E-state index in [0.29, 0.717) is 17.1 Å². The number of ether oxygens (including phenoxy) is 2. The van der Waals surface area contributed by atoms with Crippen LogP contribution in [0.2, 0.25) is 0 Å². The lowest BCUT2D eigenvalue weighted by Crippen LogP contribution is -2.14. The molecule has 8 nitrogen and oxygen atoms in total. The van der Waals surface area contributed by atoms with Crippen molar-refractivity contribution in [3.63, 3.8) is 0 Å². The molecule has 0 aliphatic heterocycles. The second kappa shape index (κ2) is 7.41. The number of hydrogen-bond donors (Lipinski definition) is 3. The molecule has 0 bridgehead atoms. The summed E-state index contributed by atoms with van der Waals surface area (Å²) in [4.78, 5) is 18.5. The smallest absolute Gasteiger partial charge is 0.338 e. The van der Waals surface area contributed by atoms with Gasteiger partial charge in [-0.2, -0.15) is 0 Å². The first-order valence-electron chi connectivity index (χ1n) is 6.73. The van der Waals surface area contributed by atoms with Crippen LogP contribution in [0.5, 0.6) is 11.5 Å². The van der Waals surface area contributed by atoms with Crippen molar-refractivity contribution >= 4 is 11.9 Å². The Bertz CT molecular complexity index is 653. The number of nitrogens with zero attached hydrogens (tertiary/aromatic N) is 2. The molecular formula is C15H17N3O5. The molecule has 0 aliphatic rings. The highest BCUT2D eigenvalue weighted by Crippen LogP contribution is 2.26. The van der Waals surface area contributed by atoms with E-state index in [0.717, 1.165) is 0 Å². The van der Waals surface area contributed by atoms with Gasteiger partial charge in [0, 0.05) is 25.0 Å². The van der Waals surface area contributed by atoms with E-state index in [1.165, 1.54) is 26.6 Å². The molecule has 1 aromatic carbocycles. The van der Waals surface area contributed by atoms with Gasteiger partial charge in [-0.3, -0.25) is 0 Å². The van der Waals surface area contributed by atoms with Gasteiger partial charge in [-0.25, -0.2) is 14.8 Å². The van der Waals surface area contributed by atoms with Crippen molar-refractivity contribution in [2.45, 2.75) is 6.10 Å². The lowest BCUT2D eigenvalue weighted by Gasteiger charge is -2.14. The molecule has 0 saturated carbocycles. The standard InChI is InChI=1S/C15H17N3O5/c1-22-11-3-9(4-12(5-11)23-2)13(19)8-18-15-16-6-10(7-17-15)14(20)21/h3-7,13,19H,8H2,1-2H3,(H,20,21)(H,16,17,18). The minimum Gasteiger partial charge on any atom is -0.497 e. The lowest BCUT2D eigenvalue weighted by atomic mass is 10.1. The molecule has 8 heteroatoms. The number of aliphatic hydroxyl groups excluding tert-OH is 1. The van der Waals surface area contributed by atoms with Crippen LogP contribution in [0.25, 0.3) is 0 Å². The van der Waals surface area contributed by atoms with Crippen LogP contribution in [0.4, 0.5) is 5.95 Å². The van der Waals surface area contributed by atoms with E-state index in [1.807, 2.05) is 0 Å². The third-order valence-corrected chi connectivity index (χ3v) is 3.11. The van der Waals surface area contributed by atoms with E-state index in [-0.39, 0.29) is 18.1 Å². The molecule has 2 aromatic rings. The molecule has 1 aromatic heterocycles. The Labute approximate surface area is 132 Å². The molecule has 0 aliphatic carbocycles. The zero-order valence-corrected chi connectivity index (χ0v) is 12.7. The van der Waals surface area contributed by atoms with Gasteiger partial charge in [-0.15, -0.1) is 0 Å². The van der Waals surface area contributed by atoms with E-state index in [4.69, 9.17) is 14.6 Å². The summed E-state index contributed by atoms with van der Waals surface area (Å²) in [5.41, 5.74) is 0.601. The predicted octanol–water partition coefficient (Wildman–Crippen LogP) is 1.34. The lowest BCUT2D eigenvalue weighted by molar-refractivity contribution is 0.0696. The van der Waals surface area contributed by atoms with Gasteiger partial charge >= 0.3 is 5.97 Å². The molecular weight excluding hydrogens is 302 g/mol. The molecule has 0 spiro atoms. The van der Waals surface area contributed by atoms with Crippen molar-refractivity contribution in [2.24, 2.45) is 0 Å². The van der Waals surface area contributed by atoms with Gasteiger partial charge in [-0.05, 0) is 17.7 Å². The van der Waals surface area contributed by atoms with Crippen LogP contribution in [-0.2, 0) is 0 Å². The fourth-order valence-electron chi connectivity index (χ4n) is 1.86. The fraction of sp³-hybridized carbons (Fsp3) is 0.267. The minimum atomic E-state index is -1.10. The number of benzene rings is 1. The monoisotopic (exact) mass is 319 g/mol. The van der Waals surface area contributed by atoms with Gasteiger partial charge in [0.2, 0.25) is 5.95 Å². The van der Waals surface area contributed by atoms with Crippen LogP contribution in [0.1, 0.15) is 22.0 Å². The maximum absolute atomic E-state index is 10.7. The van der Waals surface area contributed by atoms with Crippen molar-refractivity contribution in [3.8, 4) is 11.5 Å². The van der Waals surface area contributed by atoms with Gasteiger partial charge in [0.25, 0.3) is 0 Å². The maximum atomic E-state index is 10.7. The fourth-order valence-corrected chi connectivity index (χ4v) is 1.86. The molecule has 1 unspecified atom stereocenters. The van der Waals surface area contributed by atoms with Gasteiger partial charge in [0.05, 0.1) is 25.9 Å². The van der Waals surface area contributed by atoms with Crippen molar-refractivity contribution in [2.75, 3.05) is 26.1 Å². The molecule has 0 radical (unpaired) electrons. The number of hydrogen-bond acceptors (Lipinski definition) is 7. The third kappa shape index (κ3) is 4.30. The van der Waals surface area contributed by atoms with Gasteiger partial charge in [0.15, 0.2) is 0 Å². The Morgan fingerprint density at radius 2 is 1.74 bits per heavy atom. The Morgan fingerprint density at radius 1 is 1.17 bits per heavy atom. The number of carbonyl (C=O) groups is 1. The first-order valence-corrected chi connectivity index (χ1v) is 6.73. The van der Waals surface area contributed by atoms with Crippen LogP contribution in [0, 0.1) is 0 Å². The van der Waals surface area contributed by atoms with E-state index < -0.39 is 12.1 Å². The minimum absolute atomic E-state index is 0.00590. The third-order valence-electron chi connectivity index (χ3n) is 3.11. The highest BCUT2D eigenvalue weighted by Gasteiger charge is 2.12. The van der Waals surface area contributed by atoms with Gasteiger partial charge in [-0.1, -0.05) is 0 Å². The molecule has 1 heterocycles. The molecule has 23 heavy (non-hydrogen) atoms. The summed E-state index contributed by atoms with van der Waals surface area (Å²) in [5.74, 6) is 0.268. The summed E-state index contributed by atoms with van der Waals surface area (Å²) in [6.07, 6.45) is 1.54. The Hall–Kier alpha value is -2.87. The second-order valence-corrected chi connectivity index (χ2v) is 4.64. The highest BCUT2D eigenvalue weighted by atomic mass is 16.5. The zero-order chi connectivity index (χ0) is 16.8. The summed E-state index contributed by atoms with van der Waals surface area (Å²) in [7, 11) is 3.06. The summed E-state index contributed by atoms with van der Waals surface area (Å²) < 4.78 is 10.3. The van der Waals surface area contributed by atoms with Crippen LogP contribution in [-0.4, -0.2) is 46.9 Å². The van der Waals surface area contributed by atoms with Crippen molar-refractivity contribution in [1.29, 1.82) is 0 Å². The number of carboxylic acids is 1.